The number of allylic oxidation sites excluding steroid dienone is 1. The third-order valence-corrected chi connectivity index (χ3v) is 5.38. The zero-order chi connectivity index (χ0) is 15.9. The quantitative estimate of drug-likeness (QED) is 0.416. The van der Waals surface area contributed by atoms with Crippen LogP contribution >= 0.6 is 23.4 Å². The second-order valence-electron chi connectivity index (χ2n) is 5.48. The van der Waals surface area contributed by atoms with Gasteiger partial charge in [-0.2, -0.15) is 0 Å². The minimum absolute atomic E-state index is 0.321. The summed E-state index contributed by atoms with van der Waals surface area (Å²) < 4.78 is 4.93. The maximum Gasteiger partial charge on any atom is 0.338 e. The highest BCUT2D eigenvalue weighted by Crippen LogP contribution is 2.32. The number of aromatic nitrogens is 1. The number of rotatable bonds is 6. The predicted octanol–water partition coefficient (Wildman–Crippen LogP) is 4.98. The second-order valence-corrected chi connectivity index (χ2v) is 6.97. The van der Waals surface area contributed by atoms with Crippen molar-refractivity contribution >= 4 is 34.9 Å². The number of pyridine rings is 1. The van der Waals surface area contributed by atoms with E-state index in [1.54, 1.807) is 18.0 Å². The molecule has 120 valence electrons. The highest BCUT2D eigenvalue weighted by molar-refractivity contribution is 7.99. The van der Waals surface area contributed by atoms with E-state index in [0.29, 0.717) is 16.5 Å². The first kappa shape index (κ1) is 17.4. The number of esters is 1. The van der Waals surface area contributed by atoms with Crippen LogP contribution in [0.15, 0.2) is 23.4 Å². The van der Waals surface area contributed by atoms with Crippen molar-refractivity contribution in [3.63, 3.8) is 0 Å². The first-order chi connectivity index (χ1) is 10.7. The number of carbonyl (C=O) groups is 1. The van der Waals surface area contributed by atoms with Gasteiger partial charge < -0.3 is 4.74 Å². The normalized spacial score (nSPS) is 16.0. The van der Waals surface area contributed by atoms with Crippen LogP contribution in [0.1, 0.15) is 44.6 Å². The highest BCUT2D eigenvalue weighted by Gasteiger charge is 2.19. The largest absolute Gasteiger partial charge is 0.465 e. The van der Waals surface area contributed by atoms with Crippen LogP contribution in [-0.2, 0) is 9.53 Å². The van der Waals surface area contributed by atoms with E-state index in [2.05, 4.69) is 11.9 Å². The summed E-state index contributed by atoms with van der Waals surface area (Å²) in [6.07, 6.45) is 9.53. The Morgan fingerprint density at radius 2 is 2.23 bits per heavy atom. The molecule has 1 saturated carbocycles. The fraction of sp³-hybridized carbons (Fsp3) is 0.529. The Balaban J connectivity index is 2.27. The summed E-state index contributed by atoms with van der Waals surface area (Å²) in [5.41, 5.74) is 1.32. The lowest BCUT2D eigenvalue weighted by atomic mass is 10.00. The molecule has 0 bridgehead atoms. The Morgan fingerprint density at radius 1 is 1.50 bits per heavy atom. The van der Waals surface area contributed by atoms with E-state index >= 15 is 0 Å². The number of methoxy groups -OCH3 is 1. The molecule has 0 amide bonds. The van der Waals surface area contributed by atoms with Gasteiger partial charge in [0.2, 0.25) is 0 Å². The van der Waals surface area contributed by atoms with E-state index in [-0.39, 0.29) is 5.97 Å². The van der Waals surface area contributed by atoms with Crippen LogP contribution in [0.25, 0.3) is 5.57 Å². The molecule has 2 rings (SSSR count). The van der Waals surface area contributed by atoms with Crippen molar-refractivity contribution in [1.29, 1.82) is 0 Å². The standard InChI is InChI=1S/C17H22ClNO2S/c1-3-8-22-16-15(18)10-13(11-19-16)14(17(20)21-2)9-12-6-4-5-7-12/h9-12H,3-8H2,1-2H3/b14-9-. The number of hydrogen-bond donors (Lipinski definition) is 0. The summed E-state index contributed by atoms with van der Waals surface area (Å²) >= 11 is 7.95. The van der Waals surface area contributed by atoms with Gasteiger partial charge in [0.15, 0.2) is 0 Å². The molecule has 0 unspecified atom stereocenters. The number of carbonyl (C=O) groups excluding carboxylic acids is 1. The summed E-state index contributed by atoms with van der Waals surface area (Å²) in [7, 11) is 1.41. The summed E-state index contributed by atoms with van der Waals surface area (Å²) in [6.45, 7) is 2.12. The minimum Gasteiger partial charge on any atom is -0.465 e. The predicted molar refractivity (Wildman–Crippen MR) is 92.2 cm³/mol. The first-order valence-corrected chi connectivity index (χ1v) is 9.11. The van der Waals surface area contributed by atoms with Crippen LogP contribution in [0.2, 0.25) is 5.02 Å². The maximum absolute atomic E-state index is 12.1. The first-order valence-electron chi connectivity index (χ1n) is 7.74. The molecule has 0 radical (unpaired) electrons. The Hall–Kier alpha value is -1.00. The Kier molecular flexibility index (Phi) is 6.77. The molecular weight excluding hydrogens is 318 g/mol. The van der Waals surface area contributed by atoms with Gasteiger partial charge in [-0.15, -0.1) is 11.8 Å². The molecular formula is C17H22ClNO2S. The summed E-state index contributed by atoms with van der Waals surface area (Å²) in [6, 6.07) is 1.82. The van der Waals surface area contributed by atoms with E-state index in [9.17, 15) is 4.79 Å². The van der Waals surface area contributed by atoms with Gasteiger partial charge >= 0.3 is 5.97 Å². The summed E-state index contributed by atoms with van der Waals surface area (Å²) in [5, 5.41) is 1.41. The molecule has 1 heterocycles. The number of halogens is 1. The van der Waals surface area contributed by atoms with Crippen molar-refractivity contribution in [3.05, 3.63) is 28.9 Å². The van der Waals surface area contributed by atoms with Gasteiger partial charge in [-0.25, -0.2) is 9.78 Å². The molecule has 0 N–H and O–H groups in total. The molecule has 22 heavy (non-hydrogen) atoms. The van der Waals surface area contributed by atoms with Gasteiger partial charge in [0.25, 0.3) is 0 Å². The van der Waals surface area contributed by atoms with Gasteiger partial charge in [0, 0.05) is 11.8 Å². The van der Waals surface area contributed by atoms with E-state index in [0.717, 1.165) is 35.6 Å². The fourth-order valence-electron chi connectivity index (χ4n) is 2.63. The third kappa shape index (κ3) is 4.50. The molecule has 1 aromatic heterocycles. The van der Waals surface area contributed by atoms with E-state index in [4.69, 9.17) is 16.3 Å². The molecule has 5 heteroatoms. The van der Waals surface area contributed by atoms with Crippen molar-refractivity contribution in [1.82, 2.24) is 4.98 Å². The molecule has 0 aliphatic heterocycles. The van der Waals surface area contributed by atoms with Crippen molar-refractivity contribution < 1.29 is 9.53 Å². The monoisotopic (exact) mass is 339 g/mol. The fourth-order valence-corrected chi connectivity index (χ4v) is 3.68. The third-order valence-electron chi connectivity index (χ3n) is 3.77. The molecule has 1 aliphatic carbocycles. The molecule has 0 spiro atoms. The van der Waals surface area contributed by atoms with Crippen LogP contribution < -0.4 is 0 Å². The van der Waals surface area contributed by atoms with Crippen LogP contribution in [-0.4, -0.2) is 23.8 Å². The Bertz CT molecular complexity index is 554. The van der Waals surface area contributed by atoms with Crippen molar-refractivity contribution in [2.45, 2.75) is 44.1 Å². The molecule has 1 aliphatic rings. The summed E-state index contributed by atoms with van der Waals surface area (Å²) in [4.78, 5) is 16.5. The lowest BCUT2D eigenvalue weighted by Crippen LogP contribution is -2.06. The van der Waals surface area contributed by atoms with Gasteiger partial charge in [-0.3, -0.25) is 0 Å². The Labute approximate surface area is 141 Å². The number of nitrogens with zero attached hydrogens (tertiary/aromatic N) is 1. The van der Waals surface area contributed by atoms with Crippen molar-refractivity contribution in [2.75, 3.05) is 12.9 Å². The number of thioether (sulfide) groups is 1. The zero-order valence-electron chi connectivity index (χ0n) is 13.1. The average Bonchev–Trinajstić information content (AvgIpc) is 3.04. The van der Waals surface area contributed by atoms with Gasteiger partial charge in [-0.05, 0) is 37.0 Å². The molecule has 0 saturated heterocycles. The van der Waals surface area contributed by atoms with Crippen LogP contribution in [0, 0.1) is 5.92 Å². The van der Waals surface area contributed by atoms with E-state index in [1.165, 1.54) is 20.0 Å². The zero-order valence-corrected chi connectivity index (χ0v) is 14.7. The van der Waals surface area contributed by atoms with Crippen LogP contribution in [0.5, 0.6) is 0 Å². The van der Waals surface area contributed by atoms with Gasteiger partial charge in [0.05, 0.1) is 17.7 Å². The maximum atomic E-state index is 12.1. The van der Waals surface area contributed by atoms with E-state index in [1.807, 2.05) is 12.1 Å². The lowest BCUT2D eigenvalue weighted by molar-refractivity contribution is -0.133. The van der Waals surface area contributed by atoms with Gasteiger partial charge in [0.1, 0.15) is 5.03 Å². The Morgan fingerprint density at radius 3 is 2.82 bits per heavy atom. The van der Waals surface area contributed by atoms with Crippen LogP contribution in [0.3, 0.4) is 0 Å². The second kappa shape index (κ2) is 8.59. The average molecular weight is 340 g/mol. The lowest BCUT2D eigenvalue weighted by Gasteiger charge is -2.10. The van der Waals surface area contributed by atoms with Gasteiger partial charge in [-0.1, -0.05) is 37.4 Å². The highest BCUT2D eigenvalue weighted by atomic mass is 35.5. The number of hydrogen-bond acceptors (Lipinski definition) is 4. The number of ether oxygens (including phenoxy) is 1. The minimum atomic E-state index is -0.321. The van der Waals surface area contributed by atoms with E-state index < -0.39 is 0 Å². The van der Waals surface area contributed by atoms with Crippen LogP contribution in [0.4, 0.5) is 0 Å². The summed E-state index contributed by atoms with van der Waals surface area (Å²) in [5.74, 6) is 1.11. The smallest absolute Gasteiger partial charge is 0.338 e. The molecule has 0 atom stereocenters. The SMILES string of the molecule is CCCSc1ncc(/C(=C/C2CCCC2)C(=O)OC)cc1Cl. The molecule has 0 aromatic carbocycles. The van der Waals surface area contributed by atoms with Crippen molar-refractivity contribution in [2.24, 2.45) is 5.92 Å². The van der Waals surface area contributed by atoms with Crippen molar-refractivity contribution in [3.8, 4) is 0 Å². The molecule has 3 nitrogen and oxygen atoms in total. The topological polar surface area (TPSA) is 39.2 Å². The molecule has 1 fully saturated rings. The molecule has 1 aromatic rings.